The first-order valence-electron chi connectivity index (χ1n) is 7.06. The minimum atomic E-state index is 0.510. The zero-order valence-corrected chi connectivity index (χ0v) is 13.2. The average molecular weight is 289 g/mol. The summed E-state index contributed by atoms with van der Waals surface area (Å²) in [5, 5.41) is 6.66. The Hall–Kier alpha value is -1.39. The number of hydrogen-bond acceptors (Lipinski definition) is 4. The molecule has 0 radical (unpaired) electrons. The molecule has 2 aromatic rings. The van der Waals surface area contributed by atoms with Gasteiger partial charge in [-0.3, -0.25) is 0 Å². The van der Waals surface area contributed by atoms with Crippen LogP contribution in [0.1, 0.15) is 18.9 Å². The lowest BCUT2D eigenvalue weighted by molar-refractivity contribution is 0.413. The van der Waals surface area contributed by atoms with E-state index in [0.717, 1.165) is 29.5 Å². The molecule has 0 aliphatic carbocycles. The Kier molecular flexibility index (Phi) is 5.15. The van der Waals surface area contributed by atoms with Gasteiger partial charge < -0.3 is 11.1 Å². The SMILES string of the molecule is Cc1nc(-c2ccc(NCC(CN)C(C)C)cc2)cs1. The number of nitrogens with two attached hydrogens (primary N) is 1. The third kappa shape index (κ3) is 3.81. The lowest BCUT2D eigenvalue weighted by atomic mass is 9.96. The number of nitrogens with zero attached hydrogens (tertiary/aromatic N) is 1. The number of rotatable bonds is 6. The molecule has 0 bridgehead atoms. The Morgan fingerprint density at radius 3 is 2.45 bits per heavy atom. The topological polar surface area (TPSA) is 50.9 Å². The monoisotopic (exact) mass is 289 g/mol. The van der Waals surface area contributed by atoms with E-state index in [4.69, 9.17) is 5.73 Å². The normalized spacial score (nSPS) is 12.7. The Bertz CT molecular complexity index is 531. The lowest BCUT2D eigenvalue weighted by Gasteiger charge is -2.20. The van der Waals surface area contributed by atoms with E-state index in [1.165, 1.54) is 5.56 Å². The fraction of sp³-hybridized carbons (Fsp3) is 0.438. The molecular weight excluding hydrogens is 266 g/mol. The van der Waals surface area contributed by atoms with Crippen LogP contribution >= 0.6 is 11.3 Å². The summed E-state index contributed by atoms with van der Waals surface area (Å²) < 4.78 is 0. The largest absolute Gasteiger partial charge is 0.385 e. The van der Waals surface area contributed by atoms with Crippen molar-refractivity contribution < 1.29 is 0 Å². The molecule has 20 heavy (non-hydrogen) atoms. The Labute approximate surface area is 125 Å². The summed E-state index contributed by atoms with van der Waals surface area (Å²) in [5.41, 5.74) is 9.15. The molecular formula is C16H23N3S. The second kappa shape index (κ2) is 6.86. The second-order valence-corrected chi connectivity index (χ2v) is 6.51. The highest BCUT2D eigenvalue weighted by Gasteiger charge is 2.10. The maximum Gasteiger partial charge on any atom is 0.0901 e. The molecule has 0 aliphatic heterocycles. The number of nitrogens with one attached hydrogen (secondary N) is 1. The summed E-state index contributed by atoms with van der Waals surface area (Å²) in [6, 6.07) is 8.45. The summed E-state index contributed by atoms with van der Waals surface area (Å²) in [6.45, 7) is 8.10. The number of anilines is 1. The molecule has 0 saturated heterocycles. The molecule has 0 fully saturated rings. The maximum absolute atomic E-state index is 5.79. The molecule has 2 rings (SSSR count). The van der Waals surface area contributed by atoms with Gasteiger partial charge in [0.15, 0.2) is 0 Å². The van der Waals surface area contributed by atoms with E-state index in [-0.39, 0.29) is 0 Å². The van der Waals surface area contributed by atoms with E-state index in [1.54, 1.807) is 11.3 Å². The Balaban J connectivity index is 1.98. The molecule has 1 atom stereocenters. The van der Waals surface area contributed by atoms with Crippen LogP contribution in [-0.4, -0.2) is 18.1 Å². The smallest absolute Gasteiger partial charge is 0.0901 e. The first-order valence-corrected chi connectivity index (χ1v) is 7.94. The van der Waals surface area contributed by atoms with Gasteiger partial charge in [0, 0.05) is 23.2 Å². The first kappa shape index (κ1) is 15.0. The van der Waals surface area contributed by atoms with Crippen molar-refractivity contribution in [1.82, 2.24) is 4.98 Å². The van der Waals surface area contributed by atoms with E-state index in [0.29, 0.717) is 11.8 Å². The van der Waals surface area contributed by atoms with Crippen LogP contribution in [0, 0.1) is 18.8 Å². The van der Waals surface area contributed by atoms with Crippen LogP contribution in [0.5, 0.6) is 0 Å². The minimum Gasteiger partial charge on any atom is -0.385 e. The van der Waals surface area contributed by atoms with Gasteiger partial charge in [-0.2, -0.15) is 0 Å². The van der Waals surface area contributed by atoms with Crippen LogP contribution in [0.15, 0.2) is 29.6 Å². The zero-order chi connectivity index (χ0) is 14.5. The highest BCUT2D eigenvalue weighted by atomic mass is 32.1. The van der Waals surface area contributed by atoms with E-state index in [2.05, 4.69) is 53.8 Å². The van der Waals surface area contributed by atoms with Crippen molar-refractivity contribution in [2.75, 3.05) is 18.4 Å². The van der Waals surface area contributed by atoms with Crippen molar-refractivity contribution in [3.63, 3.8) is 0 Å². The third-order valence-corrected chi connectivity index (χ3v) is 4.39. The summed E-state index contributed by atoms with van der Waals surface area (Å²) >= 11 is 1.68. The van der Waals surface area contributed by atoms with Gasteiger partial charge >= 0.3 is 0 Å². The molecule has 0 saturated carbocycles. The number of hydrogen-bond donors (Lipinski definition) is 2. The van der Waals surface area contributed by atoms with Crippen molar-refractivity contribution in [2.45, 2.75) is 20.8 Å². The van der Waals surface area contributed by atoms with Gasteiger partial charge in [0.2, 0.25) is 0 Å². The molecule has 0 aliphatic rings. The quantitative estimate of drug-likeness (QED) is 0.851. The highest BCUT2D eigenvalue weighted by Crippen LogP contribution is 2.23. The predicted octanol–water partition coefficient (Wildman–Crippen LogP) is 3.76. The second-order valence-electron chi connectivity index (χ2n) is 5.45. The standard InChI is InChI=1S/C16H23N3S/c1-11(2)14(8-17)9-18-15-6-4-13(5-7-15)16-10-20-12(3)19-16/h4-7,10-11,14,18H,8-9,17H2,1-3H3. The molecule has 3 nitrogen and oxygen atoms in total. The number of aryl methyl sites for hydroxylation is 1. The van der Waals surface area contributed by atoms with Crippen LogP contribution < -0.4 is 11.1 Å². The van der Waals surface area contributed by atoms with Gasteiger partial charge in [0.25, 0.3) is 0 Å². The van der Waals surface area contributed by atoms with Gasteiger partial charge in [0.1, 0.15) is 0 Å². The number of benzene rings is 1. The zero-order valence-electron chi connectivity index (χ0n) is 12.4. The van der Waals surface area contributed by atoms with Crippen molar-refractivity contribution in [3.8, 4) is 11.3 Å². The summed E-state index contributed by atoms with van der Waals surface area (Å²) in [5.74, 6) is 1.11. The molecule has 0 spiro atoms. The van der Waals surface area contributed by atoms with Crippen LogP contribution in [0.4, 0.5) is 5.69 Å². The first-order chi connectivity index (χ1) is 9.60. The van der Waals surface area contributed by atoms with Crippen molar-refractivity contribution >= 4 is 17.0 Å². The summed E-state index contributed by atoms with van der Waals surface area (Å²) in [6.07, 6.45) is 0. The molecule has 4 heteroatoms. The van der Waals surface area contributed by atoms with E-state index in [1.807, 2.05) is 6.92 Å². The van der Waals surface area contributed by atoms with Gasteiger partial charge in [-0.05, 0) is 37.4 Å². The molecule has 108 valence electrons. The molecule has 3 N–H and O–H groups in total. The molecule has 1 heterocycles. The van der Waals surface area contributed by atoms with Crippen LogP contribution in [0.2, 0.25) is 0 Å². The Morgan fingerprint density at radius 1 is 1.25 bits per heavy atom. The molecule has 1 aromatic carbocycles. The van der Waals surface area contributed by atoms with Crippen LogP contribution in [0.25, 0.3) is 11.3 Å². The predicted molar refractivity (Wildman–Crippen MR) is 88.2 cm³/mol. The molecule has 0 amide bonds. The van der Waals surface area contributed by atoms with Gasteiger partial charge in [-0.1, -0.05) is 26.0 Å². The van der Waals surface area contributed by atoms with Crippen molar-refractivity contribution in [2.24, 2.45) is 17.6 Å². The molecule has 1 aromatic heterocycles. The fourth-order valence-corrected chi connectivity index (χ4v) is 2.72. The lowest BCUT2D eigenvalue weighted by Crippen LogP contribution is -2.27. The van der Waals surface area contributed by atoms with Gasteiger partial charge in [0.05, 0.1) is 10.7 Å². The van der Waals surface area contributed by atoms with E-state index < -0.39 is 0 Å². The van der Waals surface area contributed by atoms with Gasteiger partial charge in [-0.25, -0.2) is 4.98 Å². The number of thiazole rings is 1. The maximum atomic E-state index is 5.79. The number of aromatic nitrogens is 1. The molecule has 1 unspecified atom stereocenters. The minimum absolute atomic E-state index is 0.510. The summed E-state index contributed by atoms with van der Waals surface area (Å²) in [4.78, 5) is 4.50. The van der Waals surface area contributed by atoms with Gasteiger partial charge in [-0.15, -0.1) is 11.3 Å². The van der Waals surface area contributed by atoms with Crippen molar-refractivity contribution in [3.05, 3.63) is 34.7 Å². The van der Waals surface area contributed by atoms with E-state index in [9.17, 15) is 0 Å². The third-order valence-electron chi connectivity index (χ3n) is 3.61. The fourth-order valence-electron chi connectivity index (χ4n) is 2.10. The highest BCUT2D eigenvalue weighted by molar-refractivity contribution is 7.09. The van der Waals surface area contributed by atoms with Crippen molar-refractivity contribution in [1.29, 1.82) is 0 Å². The average Bonchev–Trinajstić information content (AvgIpc) is 2.86. The van der Waals surface area contributed by atoms with Crippen LogP contribution in [-0.2, 0) is 0 Å². The summed E-state index contributed by atoms with van der Waals surface area (Å²) in [7, 11) is 0. The van der Waals surface area contributed by atoms with E-state index >= 15 is 0 Å². The Morgan fingerprint density at radius 2 is 1.95 bits per heavy atom. The van der Waals surface area contributed by atoms with Crippen LogP contribution in [0.3, 0.4) is 0 Å².